The Labute approximate surface area is 103 Å². The summed E-state index contributed by atoms with van der Waals surface area (Å²) < 4.78 is 7.43. The molecule has 0 aliphatic carbocycles. The molecule has 2 heterocycles. The van der Waals surface area contributed by atoms with Gasteiger partial charge in [0.15, 0.2) is 0 Å². The normalized spacial score (nSPS) is 22.2. The fourth-order valence-electron chi connectivity index (χ4n) is 2.19. The zero-order chi connectivity index (χ0) is 12.3. The Morgan fingerprint density at radius 2 is 2.41 bits per heavy atom. The van der Waals surface area contributed by atoms with Gasteiger partial charge in [0.25, 0.3) is 0 Å². The quantitative estimate of drug-likeness (QED) is 0.857. The van der Waals surface area contributed by atoms with Crippen molar-refractivity contribution in [2.75, 3.05) is 6.61 Å². The molecule has 1 aromatic rings. The van der Waals surface area contributed by atoms with Crippen LogP contribution in [0, 0.1) is 0 Å². The lowest BCUT2D eigenvalue weighted by Crippen LogP contribution is -2.07. The summed E-state index contributed by atoms with van der Waals surface area (Å²) in [4.78, 5) is 0. The van der Waals surface area contributed by atoms with E-state index in [1.807, 2.05) is 10.9 Å². The second-order valence-electron chi connectivity index (χ2n) is 5.08. The maximum atomic E-state index is 10.1. The summed E-state index contributed by atoms with van der Waals surface area (Å²) in [5, 5.41) is 14.3. The molecule has 0 aromatic carbocycles. The fraction of sp³-hybridized carbons (Fsp3) is 0.769. The Hall–Kier alpha value is -0.870. The van der Waals surface area contributed by atoms with Gasteiger partial charge in [-0.2, -0.15) is 5.10 Å². The first-order chi connectivity index (χ1) is 8.16. The topological polar surface area (TPSA) is 47.3 Å². The smallest absolute Gasteiger partial charge is 0.0821 e. The summed E-state index contributed by atoms with van der Waals surface area (Å²) in [7, 11) is 0. The maximum Gasteiger partial charge on any atom is 0.0821 e. The monoisotopic (exact) mass is 238 g/mol. The highest BCUT2D eigenvalue weighted by atomic mass is 16.5. The molecule has 96 valence electrons. The van der Waals surface area contributed by atoms with Crippen LogP contribution < -0.4 is 0 Å². The number of aliphatic hydroxyl groups excluding tert-OH is 1. The van der Waals surface area contributed by atoms with Gasteiger partial charge in [0.1, 0.15) is 0 Å². The molecular weight excluding hydrogens is 216 g/mol. The third-order valence-electron chi connectivity index (χ3n) is 3.32. The molecule has 1 aromatic heterocycles. The Bertz CT molecular complexity index is 343. The van der Waals surface area contributed by atoms with E-state index in [0.29, 0.717) is 12.1 Å². The van der Waals surface area contributed by atoms with Gasteiger partial charge in [-0.1, -0.05) is 0 Å². The predicted octanol–water partition coefficient (Wildman–Crippen LogP) is 2.46. The Kier molecular flexibility index (Phi) is 4.18. The van der Waals surface area contributed by atoms with Gasteiger partial charge in [-0.3, -0.25) is 4.68 Å². The first-order valence-corrected chi connectivity index (χ1v) is 6.50. The average Bonchev–Trinajstić information content (AvgIpc) is 2.96. The van der Waals surface area contributed by atoms with Crippen LogP contribution in [0.5, 0.6) is 0 Å². The van der Waals surface area contributed by atoms with E-state index in [-0.39, 0.29) is 0 Å². The predicted molar refractivity (Wildman–Crippen MR) is 65.8 cm³/mol. The van der Waals surface area contributed by atoms with E-state index in [2.05, 4.69) is 18.9 Å². The van der Waals surface area contributed by atoms with Crippen LogP contribution in [-0.4, -0.2) is 27.6 Å². The van der Waals surface area contributed by atoms with Gasteiger partial charge in [0, 0.05) is 24.4 Å². The van der Waals surface area contributed by atoms with Crippen molar-refractivity contribution >= 4 is 0 Å². The van der Waals surface area contributed by atoms with Gasteiger partial charge in [0.2, 0.25) is 0 Å². The molecule has 0 spiro atoms. The lowest BCUT2D eigenvalue weighted by atomic mass is 10.0. The molecule has 2 rings (SSSR count). The highest BCUT2D eigenvalue weighted by Crippen LogP contribution is 2.24. The molecule has 0 amide bonds. The van der Waals surface area contributed by atoms with Crippen LogP contribution in [0.3, 0.4) is 0 Å². The largest absolute Gasteiger partial charge is 0.388 e. The van der Waals surface area contributed by atoms with Gasteiger partial charge in [0.05, 0.1) is 18.4 Å². The number of hydrogen-bond acceptors (Lipinski definition) is 3. The highest BCUT2D eigenvalue weighted by Gasteiger charge is 2.18. The third-order valence-corrected chi connectivity index (χ3v) is 3.32. The Balaban J connectivity index is 1.83. The third kappa shape index (κ3) is 3.30. The molecule has 1 aliphatic rings. The van der Waals surface area contributed by atoms with E-state index in [1.165, 1.54) is 0 Å². The zero-order valence-electron chi connectivity index (χ0n) is 10.7. The summed E-state index contributed by atoms with van der Waals surface area (Å²) >= 11 is 0. The van der Waals surface area contributed by atoms with Crippen molar-refractivity contribution in [3.63, 3.8) is 0 Å². The molecule has 17 heavy (non-hydrogen) atoms. The number of ether oxygens (including phenoxy) is 1. The summed E-state index contributed by atoms with van der Waals surface area (Å²) in [5.74, 6) is 0. The van der Waals surface area contributed by atoms with Crippen molar-refractivity contribution in [3.05, 3.63) is 18.0 Å². The summed E-state index contributed by atoms with van der Waals surface area (Å²) in [6.45, 7) is 5.04. The molecule has 1 aliphatic heterocycles. The number of nitrogens with zero attached hydrogens (tertiary/aromatic N) is 2. The summed E-state index contributed by atoms with van der Waals surface area (Å²) in [6, 6.07) is 0.342. The van der Waals surface area contributed by atoms with Gasteiger partial charge in [-0.25, -0.2) is 0 Å². The summed E-state index contributed by atoms with van der Waals surface area (Å²) in [5.41, 5.74) is 0.914. The number of aliphatic hydroxyl groups is 1. The number of hydrogen-bond donors (Lipinski definition) is 1. The van der Waals surface area contributed by atoms with Crippen LogP contribution in [0.1, 0.15) is 57.2 Å². The van der Waals surface area contributed by atoms with Gasteiger partial charge < -0.3 is 9.84 Å². The number of aromatic nitrogens is 2. The molecule has 0 radical (unpaired) electrons. The van der Waals surface area contributed by atoms with Crippen LogP contribution in [0.15, 0.2) is 12.4 Å². The zero-order valence-corrected chi connectivity index (χ0v) is 10.7. The van der Waals surface area contributed by atoms with Crippen molar-refractivity contribution in [1.82, 2.24) is 9.78 Å². The lowest BCUT2D eigenvalue weighted by Gasteiger charge is -2.12. The van der Waals surface area contributed by atoms with E-state index in [4.69, 9.17) is 4.74 Å². The van der Waals surface area contributed by atoms with Crippen molar-refractivity contribution in [3.8, 4) is 0 Å². The van der Waals surface area contributed by atoms with E-state index in [1.54, 1.807) is 6.20 Å². The Morgan fingerprint density at radius 3 is 3.00 bits per heavy atom. The van der Waals surface area contributed by atoms with Crippen molar-refractivity contribution < 1.29 is 9.84 Å². The highest BCUT2D eigenvalue weighted by molar-refractivity contribution is 5.08. The second-order valence-corrected chi connectivity index (χ2v) is 5.08. The minimum Gasteiger partial charge on any atom is -0.388 e. The van der Waals surface area contributed by atoms with E-state index in [0.717, 1.165) is 37.9 Å². The minimum absolute atomic E-state index is 0.342. The van der Waals surface area contributed by atoms with E-state index < -0.39 is 6.10 Å². The standard InChI is InChI=1S/C13H22N2O2/c1-10(2)15-9-11(8-14-15)13(16)6-5-12-4-3-7-17-12/h8-10,12-13,16H,3-7H2,1-2H3. The van der Waals surface area contributed by atoms with Gasteiger partial charge >= 0.3 is 0 Å². The molecule has 4 nitrogen and oxygen atoms in total. The van der Waals surface area contributed by atoms with Crippen molar-refractivity contribution in [1.29, 1.82) is 0 Å². The summed E-state index contributed by atoms with van der Waals surface area (Å²) in [6.07, 6.45) is 7.63. The molecule has 4 heteroatoms. The molecule has 0 saturated carbocycles. The molecule has 0 bridgehead atoms. The van der Waals surface area contributed by atoms with Gasteiger partial charge in [-0.15, -0.1) is 0 Å². The Morgan fingerprint density at radius 1 is 1.59 bits per heavy atom. The fourth-order valence-corrected chi connectivity index (χ4v) is 2.19. The first-order valence-electron chi connectivity index (χ1n) is 6.50. The molecular formula is C13H22N2O2. The van der Waals surface area contributed by atoms with Crippen LogP contribution in [0.4, 0.5) is 0 Å². The van der Waals surface area contributed by atoms with Crippen molar-refractivity contribution in [2.45, 2.75) is 57.8 Å². The molecule has 1 fully saturated rings. The second kappa shape index (κ2) is 5.65. The molecule has 1 N–H and O–H groups in total. The molecule has 1 saturated heterocycles. The van der Waals surface area contributed by atoms with Crippen LogP contribution in [0.2, 0.25) is 0 Å². The van der Waals surface area contributed by atoms with E-state index in [9.17, 15) is 5.11 Å². The first kappa shape index (κ1) is 12.6. The lowest BCUT2D eigenvalue weighted by molar-refractivity contribution is 0.0812. The van der Waals surface area contributed by atoms with Crippen LogP contribution in [0.25, 0.3) is 0 Å². The van der Waals surface area contributed by atoms with Gasteiger partial charge in [-0.05, 0) is 39.5 Å². The number of rotatable bonds is 5. The van der Waals surface area contributed by atoms with Crippen molar-refractivity contribution in [2.24, 2.45) is 0 Å². The van der Waals surface area contributed by atoms with E-state index >= 15 is 0 Å². The van der Waals surface area contributed by atoms with Crippen LogP contribution in [-0.2, 0) is 4.74 Å². The SMILES string of the molecule is CC(C)n1cc(C(O)CCC2CCCO2)cn1. The minimum atomic E-state index is -0.410. The molecule has 2 unspecified atom stereocenters. The van der Waals surface area contributed by atoms with Crippen LogP contribution >= 0.6 is 0 Å². The maximum absolute atomic E-state index is 10.1. The average molecular weight is 238 g/mol. The molecule has 2 atom stereocenters.